The molecule has 18 nitrogen and oxygen atoms in total. The van der Waals surface area contributed by atoms with Crippen molar-refractivity contribution in [3.05, 3.63) is 11.9 Å². The SMILES string of the molecule is CC(C)(C)[C@H](NC(=O)[C@H](CCCNC(=N)N)NC(=O)[C@@H]1CCN2C=C(CCCCC(=O)N3CCC[C@H]3C(=O)N[C@@H](C3CCCCC3)C(=O)N1)NN2)C(N)=O. The molecule has 0 unspecified atom stereocenters. The lowest BCUT2D eigenvalue weighted by atomic mass is 9.83. The molecule has 0 radical (unpaired) electrons. The Bertz CT molecular complexity index is 1410. The van der Waals surface area contributed by atoms with Gasteiger partial charge in [-0.25, -0.2) is 0 Å². The average molecular weight is 759 g/mol. The van der Waals surface area contributed by atoms with Gasteiger partial charge in [-0.3, -0.25) is 39.2 Å². The molecule has 12 N–H and O–H groups in total. The molecule has 0 spiro atoms. The molecule has 5 atom stereocenters. The normalized spacial score (nSPS) is 24.7. The summed E-state index contributed by atoms with van der Waals surface area (Å²) in [7, 11) is 0. The zero-order valence-electron chi connectivity index (χ0n) is 32.1. The Hall–Kier alpha value is -4.61. The van der Waals surface area contributed by atoms with Gasteiger partial charge in [0.2, 0.25) is 35.4 Å². The molecule has 4 aliphatic rings. The third kappa shape index (κ3) is 12.2. The standard InChI is InChI=1S/C36H62N12O6/c1-36(2,3)29(30(37)50)44-32(52)24(14-9-18-40-35(38)39)41-31(51)25-17-20-47-21-23(45-46-47)13-7-8-16-27(49)48-19-10-15-26(48)33(53)43-28(34(54)42-25)22-11-5-4-6-12-22/h21-22,24-26,28-29,45-46H,4-20H2,1-3H3,(H2,37,50)(H,41,51)(H,42,54)(H,43,53)(H,44,52)(H4,38,39,40)/t24-,25-,26-,28-,29+/m0/s1. The van der Waals surface area contributed by atoms with E-state index in [1.807, 2.05) is 6.20 Å². The number of carbonyl (C=O) groups is 6. The van der Waals surface area contributed by atoms with Crippen LogP contribution >= 0.6 is 0 Å². The van der Waals surface area contributed by atoms with Gasteiger partial charge in [0.15, 0.2) is 5.96 Å². The summed E-state index contributed by atoms with van der Waals surface area (Å²) in [4.78, 5) is 83.3. The van der Waals surface area contributed by atoms with E-state index in [-0.39, 0.29) is 49.6 Å². The minimum absolute atomic E-state index is 0.0717. The zero-order valence-corrected chi connectivity index (χ0v) is 32.1. The fraction of sp³-hybridized carbons (Fsp3) is 0.750. The predicted molar refractivity (Wildman–Crippen MR) is 201 cm³/mol. The van der Waals surface area contributed by atoms with Gasteiger partial charge in [-0.1, -0.05) is 40.0 Å². The number of guanidine groups is 1. The molecule has 0 aromatic rings. The van der Waals surface area contributed by atoms with Crippen LogP contribution in [0.15, 0.2) is 11.9 Å². The highest BCUT2D eigenvalue weighted by Gasteiger charge is 2.40. The number of hydrazine groups is 2. The lowest BCUT2D eigenvalue weighted by Gasteiger charge is -2.33. The Balaban J connectivity index is 1.61. The van der Waals surface area contributed by atoms with Crippen LogP contribution in [0.4, 0.5) is 0 Å². The topological polar surface area (TPSA) is 269 Å². The van der Waals surface area contributed by atoms with Crippen LogP contribution in [0, 0.1) is 16.7 Å². The Morgan fingerprint density at radius 2 is 1.63 bits per heavy atom. The van der Waals surface area contributed by atoms with Crippen LogP contribution in [0.2, 0.25) is 0 Å². The minimum Gasteiger partial charge on any atom is -0.370 e. The fourth-order valence-corrected chi connectivity index (χ4v) is 7.66. The number of nitrogens with zero attached hydrogens (tertiary/aromatic N) is 2. The van der Waals surface area contributed by atoms with E-state index in [2.05, 4.69) is 37.5 Å². The maximum absolute atomic E-state index is 14.3. The number of carbonyl (C=O) groups excluding carboxylic acids is 6. The van der Waals surface area contributed by atoms with Gasteiger partial charge in [-0.05, 0) is 75.5 Å². The van der Waals surface area contributed by atoms with Gasteiger partial charge >= 0.3 is 0 Å². The van der Waals surface area contributed by atoms with Crippen molar-refractivity contribution in [1.82, 2.24) is 47.5 Å². The molecule has 0 aromatic heterocycles. The van der Waals surface area contributed by atoms with Crippen molar-refractivity contribution in [3.8, 4) is 0 Å². The van der Waals surface area contributed by atoms with Crippen LogP contribution < -0.4 is 49.0 Å². The molecule has 54 heavy (non-hydrogen) atoms. The van der Waals surface area contributed by atoms with Crippen molar-refractivity contribution in [2.24, 2.45) is 22.8 Å². The lowest BCUT2D eigenvalue weighted by molar-refractivity contribution is -0.140. The second-order valence-electron chi connectivity index (χ2n) is 16.0. The number of primary amides is 1. The number of nitrogens with two attached hydrogens (primary N) is 2. The maximum Gasteiger partial charge on any atom is 0.243 e. The van der Waals surface area contributed by atoms with Crippen LogP contribution in [-0.2, 0) is 28.8 Å². The molecule has 4 rings (SSSR count). The summed E-state index contributed by atoms with van der Waals surface area (Å²) in [6.45, 7) is 6.31. The van der Waals surface area contributed by atoms with E-state index in [0.717, 1.165) is 44.2 Å². The first-order valence-corrected chi connectivity index (χ1v) is 19.5. The van der Waals surface area contributed by atoms with Crippen molar-refractivity contribution in [2.45, 2.75) is 141 Å². The van der Waals surface area contributed by atoms with Crippen molar-refractivity contribution in [2.75, 3.05) is 19.6 Å². The molecule has 1 saturated heterocycles. The van der Waals surface area contributed by atoms with Crippen molar-refractivity contribution >= 4 is 41.4 Å². The molecule has 1 aliphatic carbocycles. The number of nitrogens with one attached hydrogen (secondary N) is 8. The number of fused-ring (bicyclic) bond motifs is 2. The van der Waals surface area contributed by atoms with Gasteiger partial charge in [0.05, 0.1) is 0 Å². The second-order valence-corrected chi connectivity index (χ2v) is 16.0. The largest absolute Gasteiger partial charge is 0.370 e. The Labute approximate surface area is 317 Å². The van der Waals surface area contributed by atoms with E-state index in [1.54, 1.807) is 30.7 Å². The summed E-state index contributed by atoms with van der Waals surface area (Å²) in [5, 5.41) is 23.3. The molecule has 6 amide bonds. The van der Waals surface area contributed by atoms with Crippen LogP contribution in [0.3, 0.4) is 0 Å². The van der Waals surface area contributed by atoms with Crippen LogP contribution in [0.5, 0.6) is 0 Å². The maximum atomic E-state index is 14.3. The fourth-order valence-electron chi connectivity index (χ4n) is 7.66. The third-order valence-corrected chi connectivity index (χ3v) is 10.7. The molecular formula is C36H62N12O6. The molecular weight excluding hydrogens is 696 g/mol. The summed E-state index contributed by atoms with van der Waals surface area (Å²) < 4.78 is 0. The number of allylic oxidation sites excluding steroid dienone is 1. The van der Waals surface area contributed by atoms with E-state index in [0.29, 0.717) is 45.1 Å². The monoisotopic (exact) mass is 758 g/mol. The quantitative estimate of drug-likeness (QED) is 0.0765. The van der Waals surface area contributed by atoms with Crippen molar-refractivity contribution in [3.63, 3.8) is 0 Å². The Morgan fingerprint density at radius 1 is 0.907 bits per heavy atom. The van der Waals surface area contributed by atoms with Gasteiger partial charge in [-0.15, -0.1) is 5.53 Å². The Morgan fingerprint density at radius 3 is 2.31 bits per heavy atom. The third-order valence-electron chi connectivity index (χ3n) is 10.7. The zero-order chi connectivity index (χ0) is 39.4. The van der Waals surface area contributed by atoms with Crippen LogP contribution in [0.1, 0.15) is 111 Å². The molecule has 3 heterocycles. The van der Waals surface area contributed by atoms with E-state index in [9.17, 15) is 28.8 Å². The van der Waals surface area contributed by atoms with E-state index in [4.69, 9.17) is 16.9 Å². The first kappa shape index (κ1) is 42.1. The summed E-state index contributed by atoms with van der Waals surface area (Å²) in [6, 6.07) is -4.87. The highest BCUT2D eigenvalue weighted by molar-refractivity contribution is 5.96. The van der Waals surface area contributed by atoms with Crippen LogP contribution in [0.25, 0.3) is 0 Å². The first-order valence-electron chi connectivity index (χ1n) is 19.5. The lowest BCUT2D eigenvalue weighted by Crippen LogP contribution is -2.61. The summed E-state index contributed by atoms with van der Waals surface area (Å²) >= 11 is 0. The second kappa shape index (κ2) is 19.6. The number of amides is 6. The predicted octanol–water partition coefficient (Wildman–Crippen LogP) is -0.578. The van der Waals surface area contributed by atoms with E-state index >= 15 is 0 Å². The van der Waals surface area contributed by atoms with Gasteiger partial charge < -0.3 is 48.4 Å². The summed E-state index contributed by atoms with van der Waals surface area (Å²) in [6.07, 6.45) is 10.4. The number of rotatable bonds is 10. The highest BCUT2D eigenvalue weighted by Crippen LogP contribution is 2.28. The first-order chi connectivity index (χ1) is 25.6. The van der Waals surface area contributed by atoms with Gasteiger partial charge in [0.25, 0.3) is 0 Å². The Kier molecular flexibility index (Phi) is 15.3. The number of hydrogen-bond donors (Lipinski definition) is 10. The average Bonchev–Trinajstić information content (AvgIpc) is 3.80. The molecule has 3 aliphatic heterocycles. The molecule has 2 fully saturated rings. The summed E-state index contributed by atoms with van der Waals surface area (Å²) in [5.74, 6) is -3.32. The van der Waals surface area contributed by atoms with Gasteiger partial charge in [0, 0.05) is 38.0 Å². The molecule has 302 valence electrons. The van der Waals surface area contributed by atoms with E-state index < -0.39 is 59.3 Å². The smallest absolute Gasteiger partial charge is 0.243 e. The van der Waals surface area contributed by atoms with E-state index in [1.165, 1.54) is 0 Å². The number of hydrogen-bond acceptors (Lipinski definition) is 10. The highest BCUT2D eigenvalue weighted by atomic mass is 16.2. The van der Waals surface area contributed by atoms with Crippen molar-refractivity contribution < 1.29 is 28.8 Å². The van der Waals surface area contributed by atoms with Crippen LogP contribution in [-0.4, -0.2) is 101 Å². The molecule has 18 heteroatoms. The molecule has 2 bridgehead atoms. The minimum atomic E-state index is -1.13. The summed E-state index contributed by atoms with van der Waals surface area (Å²) in [5.41, 5.74) is 17.5. The molecule has 0 aromatic carbocycles. The van der Waals surface area contributed by atoms with Gasteiger partial charge in [0.1, 0.15) is 30.2 Å². The van der Waals surface area contributed by atoms with Crippen molar-refractivity contribution in [1.29, 1.82) is 5.41 Å². The molecule has 1 saturated carbocycles. The van der Waals surface area contributed by atoms with Gasteiger partial charge in [-0.2, -0.15) is 0 Å².